The molecule has 1 aromatic carbocycles. The number of hydrogen-bond donors (Lipinski definition) is 1. The van der Waals surface area contributed by atoms with Crippen molar-refractivity contribution in [2.24, 2.45) is 0 Å². The first-order valence-electron chi connectivity index (χ1n) is 3.85. The molecule has 0 fully saturated rings. The number of ether oxygens (including phenoxy) is 1. The van der Waals surface area contributed by atoms with Crippen LogP contribution in [-0.4, -0.2) is 11.7 Å². The molecule has 0 bridgehead atoms. The quantitative estimate of drug-likeness (QED) is 0.695. The first-order valence-corrected chi connectivity index (χ1v) is 3.85. The zero-order chi connectivity index (χ0) is 8.97. The summed E-state index contributed by atoms with van der Waals surface area (Å²) in [6.45, 7) is 6.26. The molecule has 1 aromatic rings. The van der Waals surface area contributed by atoms with Crippen LogP contribution in [0.3, 0.4) is 0 Å². The van der Waals surface area contributed by atoms with Crippen LogP contribution in [0.15, 0.2) is 30.8 Å². The smallest absolute Gasteiger partial charge is 0.119 e. The van der Waals surface area contributed by atoms with Gasteiger partial charge in [0.1, 0.15) is 11.5 Å². The third-order valence-electron chi connectivity index (χ3n) is 1.51. The van der Waals surface area contributed by atoms with Crippen molar-refractivity contribution >= 4 is 5.76 Å². The number of hydrogen-bond acceptors (Lipinski definition) is 2. The Morgan fingerprint density at radius 1 is 1.42 bits per heavy atom. The van der Waals surface area contributed by atoms with Crippen molar-refractivity contribution < 1.29 is 9.84 Å². The lowest BCUT2D eigenvalue weighted by atomic mass is 10.2. The largest absolute Gasteiger partial charge is 0.508 e. The van der Waals surface area contributed by atoms with Gasteiger partial charge in [-0.15, -0.1) is 0 Å². The maximum absolute atomic E-state index is 9.00. The highest BCUT2D eigenvalue weighted by atomic mass is 16.5. The van der Waals surface area contributed by atoms with Crippen molar-refractivity contribution in [2.75, 3.05) is 6.61 Å². The Morgan fingerprint density at radius 3 is 2.50 bits per heavy atom. The van der Waals surface area contributed by atoms with Crippen LogP contribution in [0.5, 0.6) is 5.75 Å². The Morgan fingerprint density at radius 2 is 2.00 bits per heavy atom. The van der Waals surface area contributed by atoms with Crippen LogP contribution < -0.4 is 0 Å². The molecule has 0 radical (unpaired) electrons. The molecule has 0 saturated heterocycles. The molecule has 64 valence electrons. The molecule has 0 aliphatic heterocycles. The number of phenols is 1. The monoisotopic (exact) mass is 164 g/mol. The maximum Gasteiger partial charge on any atom is 0.119 e. The standard InChI is InChI=1S/C10H12O2/c1-3-12-8(2)9-4-6-10(11)7-5-9/h4-7,11H,2-3H2,1H3. The van der Waals surface area contributed by atoms with Gasteiger partial charge in [-0.05, 0) is 31.2 Å². The zero-order valence-electron chi connectivity index (χ0n) is 7.08. The Kier molecular flexibility index (Phi) is 2.75. The Labute approximate surface area is 72.1 Å². The number of rotatable bonds is 3. The molecular formula is C10H12O2. The van der Waals surface area contributed by atoms with Crippen LogP contribution in [0, 0.1) is 0 Å². The highest BCUT2D eigenvalue weighted by Gasteiger charge is 1.97. The Hall–Kier alpha value is -1.44. The molecule has 1 rings (SSSR count). The van der Waals surface area contributed by atoms with Crippen molar-refractivity contribution in [3.8, 4) is 5.75 Å². The number of benzene rings is 1. The van der Waals surface area contributed by atoms with Crippen LogP contribution in [0.4, 0.5) is 0 Å². The van der Waals surface area contributed by atoms with Gasteiger partial charge >= 0.3 is 0 Å². The van der Waals surface area contributed by atoms with E-state index < -0.39 is 0 Å². The van der Waals surface area contributed by atoms with Gasteiger partial charge < -0.3 is 9.84 Å². The highest BCUT2D eigenvalue weighted by molar-refractivity contribution is 5.57. The molecule has 0 aromatic heterocycles. The first kappa shape index (κ1) is 8.65. The van der Waals surface area contributed by atoms with Crippen molar-refractivity contribution in [2.45, 2.75) is 6.92 Å². The van der Waals surface area contributed by atoms with E-state index in [0.29, 0.717) is 12.4 Å². The normalized spacial score (nSPS) is 9.42. The lowest BCUT2D eigenvalue weighted by Gasteiger charge is -2.05. The summed E-state index contributed by atoms with van der Waals surface area (Å²) >= 11 is 0. The lowest BCUT2D eigenvalue weighted by molar-refractivity contribution is 0.299. The van der Waals surface area contributed by atoms with Crippen LogP contribution in [-0.2, 0) is 4.74 Å². The summed E-state index contributed by atoms with van der Waals surface area (Å²) in [6, 6.07) is 6.76. The van der Waals surface area contributed by atoms with Gasteiger partial charge in [0, 0.05) is 5.56 Å². The minimum Gasteiger partial charge on any atom is -0.508 e. The molecule has 0 heterocycles. The van der Waals surface area contributed by atoms with Gasteiger partial charge in [-0.2, -0.15) is 0 Å². The Bertz CT molecular complexity index is 262. The van der Waals surface area contributed by atoms with E-state index in [2.05, 4.69) is 6.58 Å². The molecule has 12 heavy (non-hydrogen) atoms. The van der Waals surface area contributed by atoms with Crippen LogP contribution in [0.1, 0.15) is 12.5 Å². The predicted octanol–water partition coefficient (Wildman–Crippen LogP) is 2.40. The molecular weight excluding hydrogens is 152 g/mol. The summed E-state index contributed by atoms with van der Waals surface area (Å²) < 4.78 is 5.19. The van der Waals surface area contributed by atoms with Crippen molar-refractivity contribution in [1.29, 1.82) is 0 Å². The second-order valence-electron chi connectivity index (χ2n) is 2.40. The van der Waals surface area contributed by atoms with E-state index in [1.165, 1.54) is 0 Å². The van der Waals surface area contributed by atoms with E-state index in [0.717, 1.165) is 5.56 Å². The number of phenolic OH excluding ortho intramolecular Hbond substituents is 1. The molecule has 0 atom stereocenters. The van der Waals surface area contributed by atoms with Gasteiger partial charge in [0.25, 0.3) is 0 Å². The lowest BCUT2D eigenvalue weighted by Crippen LogP contribution is -1.88. The van der Waals surface area contributed by atoms with Gasteiger partial charge in [-0.25, -0.2) is 0 Å². The summed E-state index contributed by atoms with van der Waals surface area (Å²) in [6.07, 6.45) is 0. The van der Waals surface area contributed by atoms with Crippen LogP contribution in [0.25, 0.3) is 5.76 Å². The SMILES string of the molecule is C=C(OCC)c1ccc(O)cc1. The average Bonchev–Trinajstić information content (AvgIpc) is 2.06. The minimum atomic E-state index is 0.253. The molecule has 0 aliphatic rings. The highest BCUT2D eigenvalue weighted by Crippen LogP contribution is 2.16. The van der Waals surface area contributed by atoms with Gasteiger partial charge in [-0.3, -0.25) is 0 Å². The molecule has 1 N–H and O–H groups in total. The summed E-state index contributed by atoms with van der Waals surface area (Å²) in [4.78, 5) is 0. The first-order chi connectivity index (χ1) is 5.74. The van der Waals surface area contributed by atoms with Gasteiger partial charge in [0.05, 0.1) is 6.61 Å². The predicted molar refractivity (Wildman–Crippen MR) is 48.8 cm³/mol. The van der Waals surface area contributed by atoms with Crippen molar-refractivity contribution in [3.63, 3.8) is 0 Å². The van der Waals surface area contributed by atoms with Gasteiger partial charge in [0.2, 0.25) is 0 Å². The average molecular weight is 164 g/mol. The van der Waals surface area contributed by atoms with Gasteiger partial charge in [-0.1, -0.05) is 6.58 Å². The fourth-order valence-corrected chi connectivity index (χ4v) is 0.905. The van der Waals surface area contributed by atoms with E-state index in [1.54, 1.807) is 24.3 Å². The van der Waals surface area contributed by atoms with E-state index >= 15 is 0 Å². The summed E-state index contributed by atoms with van der Waals surface area (Å²) in [7, 11) is 0. The molecule has 0 unspecified atom stereocenters. The topological polar surface area (TPSA) is 29.5 Å². The second-order valence-corrected chi connectivity index (χ2v) is 2.40. The van der Waals surface area contributed by atoms with Crippen molar-refractivity contribution in [3.05, 3.63) is 36.4 Å². The van der Waals surface area contributed by atoms with E-state index in [4.69, 9.17) is 9.84 Å². The second kappa shape index (κ2) is 3.81. The number of aromatic hydroxyl groups is 1. The molecule has 0 amide bonds. The van der Waals surface area contributed by atoms with E-state index in [-0.39, 0.29) is 5.75 Å². The van der Waals surface area contributed by atoms with Gasteiger partial charge in [0.15, 0.2) is 0 Å². The van der Waals surface area contributed by atoms with Crippen molar-refractivity contribution in [1.82, 2.24) is 0 Å². The van der Waals surface area contributed by atoms with E-state index in [1.807, 2.05) is 6.92 Å². The third kappa shape index (κ3) is 2.02. The fraction of sp³-hybridized carbons (Fsp3) is 0.200. The molecule has 2 nitrogen and oxygen atoms in total. The Balaban J connectivity index is 2.75. The molecule has 2 heteroatoms. The third-order valence-corrected chi connectivity index (χ3v) is 1.51. The van der Waals surface area contributed by atoms with Crippen LogP contribution >= 0.6 is 0 Å². The minimum absolute atomic E-state index is 0.253. The summed E-state index contributed by atoms with van der Waals surface area (Å²) in [5.41, 5.74) is 0.898. The summed E-state index contributed by atoms with van der Waals surface area (Å²) in [5.74, 6) is 0.889. The molecule has 0 spiro atoms. The zero-order valence-corrected chi connectivity index (χ0v) is 7.08. The van der Waals surface area contributed by atoms with Crippen LogP contribution in [0.2, 0.25) is 0 Å². The molecule has 0 aliphatic carbocycles. The molecule has 0 saturated carbocycles. The van der Waals surface area contributed by atoms with E-state index in [9.17, 15) is 0 Å². The fourth-order valence-electron chi connectivity index (χ4n) is 0.905. The maximum atomic E-state index is 9.00. The summed E-state index contributed by atoms with van der Waals surface area (Å²) in [5, 5.41) is 9.00.